The second kappa shape index (κ2) is 4.30. The fourth-order valence-corrected chi connectivity index (χ4v) is 3.51. The van der Waals surface area contributed by atoms with E-state index in [9.17, 15) is 4.79 Å². The molecule has 2 aliphatic carbocycles. The lowest BCUT2D eigenvalue weighted by Gasteiger charge is -2.13. The van der Waals surface area contributed by atoms with Crippen LogP contribution in [0.25, 0.3) is 10.9 Å². The largest absolute Gasteiger partial charge is 0.324 e. The molecule has 1 aromatic carbocycles. The first-order valence-electron chi connectivity index (χ1n) is 7.38. The standard InChI is InChI=1S/C17H18N2O/c1-10-5-6-11-3-2-4-15(16(11)18-10)19-17(20)14-8-12-7-13(12)9-14/h2-6,12-14H,7-9H2,1H3,(H,19,20). The van der Waals surface area contributed by atoms with Crippen LogP contribution < -0.4 is 5.32 Å². The van der Waals surface area contributed by atoms with Crippen molar-refractivity contribution < 1.29 is 4.79 Å². The van der Waals surface area contributed by atoms with Gasteiger partial charge >= 0.3 is 0 Å². The number of amides is 1. The van der Waals surface area contributed by atoms with Crippen molar-refractivity contribution in [3.63, 3.8) is 0 Å². The number of anilines is 1. The zero-order chi connectivity index (χ0) is 13.7. The molecule has 20 heavy (non-hydrogen) atoms. The molecule has 0 radical (unpaired) electrons. The van der Waals surface area contributed by atoms with Crippen molar-refractivity contribution >= 4 is 22.5 Å². The minimum atomic E-state index is 0.174. The summed E-state index contributed by atoms with van der Waals surface area (Å²) in [5, 5.41) is 4.17. The van der Waals surface area contributed by atoms with Gasteiger partial charge in [0.1, 0.15) is 0 Å². The number of nitrogens with one attached hydrogen (secondary N) is 1. The van der Waals surface area contributed by atoms with Gasteiger partial charge in [0.25, 0.3) is 0 Å². The second-order valence-corrected chi connectivity index (χ2v) is 6.24. The minimum Gasteiger partial charge on any atom is -0.324 e. The molecule has 2 fully saturated rings. The third-order valence-corrected chi connectivity index (χ3v) is 4.73. The zero-order valence-corrected chi connectivity index (χ0v) is 11.6. The van der Waals surface area contributed by atoms with Crippen LogP contribution in [0.4, 0.5) is 5.69 Å². The normalized spacial score (nSPS) is 27.4. The van der Waals surface area contributed by atoms with Gasteiger partial charge in [-0.15, -0.1) is 0 Å². The summed E-state index contributed by atoms with van der Waals surface area (Å²) in [6.07, 6.45) is 3.50. The third-order valence-electron chi connectivity index (χ3n) is 4.73. The molecule has 2 aromatic rings. The van der Waals surface area contributed by atoms with E-state index in [0.29, 0.717) is 0 Å². The first-order chi connectivity index (χ1) is 9.70. The van der Waals surface area contributed by atoms with Gasteiger partial charge in [-0.05, 0) is 50.2 Å². The summed E-state index contributed by atoms with van der Waals surface area (Å²) >= 11 is 0. The number of carbonyl (C=O) groups excluding carboxylic acids is 1. The Morgan fingerprint density at radius 1 is 1.15 bits per heavy atom. The number of hydrogen-bond acceptors (Lipinski definition) is 2. The Balaban J connectivity index is 1.61. The lowest BCUT2D eigenvalue weighted by Crippen LogP contribution is -2.21. The quantitative estimate of drug-likeness (QED) is 0.903. The molecule has 0 aliphatic heterocycles. The SMILES string of the molecule is Cc1ccc2cccc(NC(=O)C3CC4CC4C3)c2n1. The maximum atomic E-state index is 12.4. The molecule has 2 aliphatic rings. The number of aromatic nitrogens is 1. The van der Waals surface area contributed by atoms with E-state index in [4.69, 9.17) is 0 Å². The van der Waals surface area contributed by atoms with Crippen LogP contribution in [0.3, 0.4) is 0 Å². The molecular formula is C17H18N2O. The van der Waals surface area contributed by atoms with E-state index in [2.05, 4.69) is 16.4 Å². The van der Waals surface area contributed by atoms with Crippen molar-refractivity contribution in [1.82, 2.24) is 4.98 Å². The summed E-state index contributed by atoms with van der Waals surface area (Å²) in [4.78, 5) is 16.9. The average Bonchev–Trinajstić information content (AvgIpc) is 3.06. The highest BCUT2D eigenvalue weighted by Crippen LogP contribution is 2.54. The molecule has 0 spiro atoms. The molecule has 2 unspecified atom stereocenters. The number of nitrogens with zero attached hydrogens (tertiary/aromatic N) is 1. The number of benzene rings is 1. The van der Waals surface area contributed by atoms with Gasteiger partial charge in [-0.2, -0.15) is 0 Å². The molecule has 3 heteroatoms. The summed E-state index contributed by atoms with van der Waals surface area (Å²) in [5.41, 5.74) is 2.71. The highest BCUT2D eigenvalue weighted by molar-refractivity contribution is 6.01. The molecule has 1 aromatic heterocycles. The van der Waals surface area contributed by atoms with Crippen molar-refractivity contribution in [3.8, 4) is 0 Å². The van der Waals surface area contributed by atoms with Gasteiger partial charge in [0.15, 0.2) is 0 Å². The fourth-order valence-electron chi connectivity index (χ4n) is 3.51. The van der Waals surface area contributed by atoms with Crippen molar-refractivity contribution in [2.45, 2.75) is 26.2 Å². The van der Waals surface area contributed by atoms with Crippen molar-refractivity contribution in [2.24, 2.45) is 17.8 Å². The van der Waals surface area contributed by atoms with Gasteiger partial charge in [-0.3, -0.25) is 9.78 Å². The predicted molar refractivity (Wildman–Crippen MR) is 79.4 cm³/mol. The van der Waals surface area contributed by atoms with Crippen molar-refractivity contribution in [2.75, 3.05) is 5.32 Å². The first-order valence-corrected chi connectivity index (χ1v) is 7.38. The smallest absolute Gasteiger partial charge is 0.227 e. The van der Waals surface area contributed by atoms with Gasteiger partial charge < -0.3 is 5.32 Å². The Hall–Kier alpha value is -1.90. The van der Waals surface area contributed by atoms with E-state index in [0.717, 1.165) is 47.0 Å². The molecule has 2 atom stereocenters. The van der Waals surface area contributed by atoms with Crippen molar-refractivity contribution in [3.05, 3.63) is 36.0 Å². The van der Waals surface area contributed by atoms with E-state index < -0.39 is 0 Å². The molecule has 3 nitrogen and oxygen atoms in total. The van der Waals surface area contributed by atoms with E-state index >= 15 is 0 Å². The Bertz CT molecular complexity index is 684. The van der Waals surface area contributed by atoms with Crippen LogP contribution in [0.5, 0.6) is 0 Å². The van der Waals surface area contributed by atoms with Crippen LogP contribution in [0, 0.1) is 24.7 Å². The fraction of sp³-hybridized carbons (Fsp3) is 0.412. The molecule has 0 saturated heterocycles. The van der Waals surface area contributed by atoms with Crippen LogP contribution in [0.2, 0.25) is 0 Å². The molecule has 2 saturated carbocycles. The summed E-state index contributed by atoms with van der Waals surface area (Å²) in [7, 11) is 0. The van der Waals surface area contributed by atoms with Gasteiger partial charge in [-0.25, -0.2) is 0 Å². The van der Waals surface area contributed by atoms with Gasteiger partial charge in [-0.1, -0.05) is 18.2 Å². The summed E-state index contributed by atoms with van der Waals surface area (Å²) < 4.78 is 0. The van der Waals surface area contributed by atoms with Crippen LogP contribution in [-0.4, -0.2) is 10.9 Å². The van der Waals surface area contributed by atoms with Gasteiger partial charge in [0.2, 0.25) is 5.91 Å². The molecule has 1 N–H and O–H groups in total. The number of pyridine rings is 1. The van der Waals surface area contributed by atoms with E-state index in [1.54, 1.807) is 0 Å². The highest BCUT2D eigenvalue weighted by Gasteiger charge is 2.48. The molecular weight excluding hydrogens is 248 g/mol. The predicted octanol–water partition coefficient (Wildman–Crippen LogP) is 3.53. The van der Waals surface area contributed by atoms with E-state index in [1.165, 1.54) is 6.42 Å². The number of aryl methyl sites for hydroxylation is 1. The maximum absolute atomic E-state index is 12.4. The van der Waals surface area contributed by atoms with Crippen LogP contribution in [-0.2, 0) is 4.79 Å². The summed E-state index contributed by atoms with van der Waals surface area (Å²) in [5.74, 6) is 2.05. The molecule has 0 bridgehead atoms. The topological polar surface area (TPSA) is 42.0 Å². The lowest BCUT2D eigenvalue weighted by atomic mass is 10.0. The summed E-state index contributed by atoms with van der Waals surface area (Å²) in [6, 6.07) is 10.0. The number of hydrogen-bond donors (Lipinski definition) is 1. The molecule has 1 amide bonds. The molecule has 102 valence electrons. The van der Waals surface area contributed by atoms with Crippen LogP contribution >= 0.6 is 0 Å². The molecule has 4 rings (SSSR count). The Labute approximate surface area is 118 Å². The lowest BCUT2D eigenvalue weighted by molar-refractivity contribution is -0.119. The Morgan fingerprint density at radius 3 is 2.75 bits per heavy atom. The first kappa shape index (κ1) is 11.9. The number of rotatable bonds is 2. The van der Waals surface area contributed by atoms with E-state index in [-0.39, 0.29) is 11.8 Å². The monoisotopic (exact) mass is 266 g/mol. The van der Waals surface area contributed by atoms with Crippen LogP contribution in [0.15, 0.2) is 30.3 Å². The molecule has 1 heterocycles. The highest BCUT2D eigenvalue weighted by atomic mass is 16.1. The zero-order valence-electron chi connectivity index (χ0n) is 11.6. The Kier molecular flexibility index (Phi) is 2.56. The average molecular weight is 266 g/mol. The number of carbonyl (C=O) groups is 1. The van der Waals surface area contributed by atoms with Gasteiger partial charge in [0.05, 0.1) is 11.2 Å². The van der Waals surface area contributed by atoms with Gasteiger partial charge in [0, 0.05) is 17.0 Å². The number of para-hydroxylation sites is 1. The van der Waals surface area contributed by atoms with Crippen LogP contribution in [0.1, 0.15) is 25.0 Å². The van der Waals surface area contributed by atoms with E-state index in [1.807, 2.05) is 31.2 Å². The number of fused-ring (bicyclic) bond motifs is 2. The summed E-state index contributed by atoms with van der Waals surface area (Å²) in [6.45, 7) is 1.97. The third kappa shape index (κ3) is 1.98. The Morgan fingerprint density at radius 2 is 1.95 bits per heavy atom. The van der Waals surface area contributed by atoms with Crippen molar-refractivity contribution in [1.29, 1.82) is 0 Å². The maximum Gasteiger partial charge on any atom is 0.227 e. The minimum absolute atomic E-state index is 0.174. The second-order valence-electron chi connectivity index (χ2n) is 6.24.